The Kier molecular flexibility index (Phi) is 3.14. The third-order valence-corrected chi connectivity index (χ3v) is 3.81. The fraction of sp³-hybridized carbons (Fsp3) is 0.100. The van der Waals surface area contributed by atoms with Crippen LogP contribution < -0.4 is 0 Å². The predicted octanol–water partition coefficient (Wildman–Crippen LogP) is 0.998. The summed E-state index contributed by atoms with van der Waals surface area (Å²) < 4.78 is 31.7. The quantitative estimate of drug-likeness (QED) is 0.273. The smallest absolute Gasteiger partial charge is 0.363 e. The Morgan fingerprint density at radius 3 is 2.55 bits per heavy atom. The van der Waals surface area contributed by atoms with E-state index in [1.807, 2.05) is 0 Å². The van der Waals surface area contributed by atoms with Crippen LogP contribution in [0.4, 0.5) is 5.69 Å². The summed E-state index contributed by atoms with van der Waals surface area (Å²) in [5, 5.41) is 18.6. The monoisotopic (exact) mass is 297 g/mol. The standard InChI is InChI=1S/C10H7N3O6S/c11-12-10-6-2-1-5(13(15)16)3-7(6)9(4-8(10)14)20(17,18)19/h1-4,9,14H,(H,17,18,19). The van der Waals surface area contributed by atoms with Crippen molar-refractivity contribution in [1.29, 1.82) is 0 Å². The van der Waals surface area contributed by atoms with Gasteiger partial charge in [-0.2, -0.15) is 13.2 Å². The minimum atomic E-state index is -4.64. The first-order valence-electron chi connectivity index (χ1n) is 5.14. The number of nitro benzene ring substituents is 1. The summed E-state index contributed by atoms with van der Waals surface area (Å²) in [6, 6.07) is 3.12. The number of non-ortho nitro benzene ring substituents is 1. The number of hydrogen-bond acceptors (Lipinski definition) is 5. The summed E-state index contributed by atoms with van der Waals surface area (Å²) in [7, 11) is -4.64. The molecule has 0 bridgehead atoms. The van der Waals surface area contributed by atoms with Crippen molar-refractivity contribution in [1.82, 2.24) is 0 Å². The van der Waals surface area contributed by atoms with Crippen LogP contribution in [0, 0.1) is 10.1 Å². The van der Waals surface area contributed by atoms with Gasteiger partial charge < -0.3 is 10.6 Å². The topological polar surface area (TPSA) is 154 Å². The van der Waals surface area contributed by atoms with Crippen LogP contribution in [-0.2, 0) is 10.1 Å². The molecule has 0 fully saturated rings. The third-order valence-electron chi connectivity index (χ3n) is 2.78. The Morgan fingerprint density at radius 1 is 1.40 bits per heavy atom. The van der Waals surface area contributed by atoms with Crippen LogP contribution in [0.3, 0.4) is 0 Å². The van der Waals surface area contributed by atoms with Gasteiger partial charge in [0.15, 0.2) is 0 Å². The molecule has 1 aromatic rings. The number of nitrogens with zero attached hydrogens (tertiary/aromatic N) is 3. The van der Waals surface area contributed by atoms with Gasteiger partial charge in [0, 0.05) is 12.1 Å². The second-order valence-corrected chi connectivity index (χ2v) is 5.50. The molecule has 104 valence electrons. The number of fused-ring (bicyclic) bond motifs is 1. The minimum Gasteiger partial charge on any atom is -0.502 e. The molecular formula is C10H7N3O6S. The Morgan fingerprint density at radius 2 is 2.05 bits per heavy atom. The van der Waals surface area contributed by atoms with Gasteiger partial charge in [0.25, 0.3) is 15.8 Å². The minimum absolute atomic E-state index is 0.0271. The number of benzene rings is 1. The molecule has 1 aromatic carbocycles. The molecule has 0 spiro atoms. The predicted molar refractivity (Wildman–Crippen MR) is 65.8 cm³/mol. The summed E-state index contributed by atoms with van der Waals surface area (Å²) in [5.41, 5.74) is 7.89. The van der Waals surface area contributed by atoms with E-state index < -0.39 is 31.7 Å². The van der Waals surface area contributed by atoms with E-state index in [1.165, 1.54) is 0 Å². The summed E-state index contributed by atoms with van der Waals surface area (Å²) in [6.07, 6.45) is 0.733. The number of aliphatic hydroxyl groups excluding tert-OH is 1. The third kappa shape index (κ3) is 2.18. The molecule has 10 heteroatoms. The SMILES string of the molecule is [N-]=[N+]=C1C(O)=CC(S(=O)(=O)O)c2cc([N+](=O)[O-])ccc21. The lowest BCUT2D eigenvalue weighted by Gasteiger charge is -2.17. The highest BCUT2D eigenvalue weighted by Gasteiger charge is 2.37. The van der Waals surface area contributed by atoms with E-state index >= 15 is 0 Å². The van der Waals surface area contributed by atoms with E-state index in [1.54, 1.807) is 0 Å². The molecule has 2 N–H and O–H groups in total. The van der Waals surface area contributed by atoms with Crippen molar-refractivity contribution in [2.24, 2.45) is 0 Å². The molecular weight excluding hydrogens is 290 g/mol. The first-order valence-corrected chi connectivity index (χ1v) is 6.64. The van der Waals surface area contributed by atoms with Crippen LogP contribution in [0.25, 0.3) is 5.53 Å². The molecule has 2 rings (SSSR count). The Balaban J connectivity index is 2.81. The highest BCUT2D eigenvalue weighted by molar-refractivity contribution is 7.86. The van der Waals surface area contributed by atoms with Gasteiger partial charge in [-0.15, -0.1) is 0 Å². The zero-order valence-electron chi connectivity index (χ0n) is 9.66. The average Bonchev–Trinajstić information content (AvgIpc) is 2.36. The first-order chi connectivity index (χ1) is 9.25. The molecule has 0 radical (unpaired) electrons. The Bertz CT molecular complexity index is 791. The maximum Gasteiger partial charge on any atom is 0.363 e. The van der Waals surface area contributed by atoms with Gasteiger partial charge in [-0.1, -0.05) is 0 Å². The molecule has 9 nitrogen and oxygen atoms in total. The highest BCUT2D eigenvalue weighted by atomic mass is 32.2. The van der Waals surface area contributed by atoms with E-state index in [0.29, 0.717) is 0 Å². The van der Waals surface area contributed by atoms with Gasteiger partial charge in [-0.25, -0.2) is 0 Å². The molecule has 0 aromatic heterocycles. The first kappa shape index (κ1) is 13.9. The highest BCUT2D eigenvalue weighted by Crippen LogP contribution is 2.34. The summed E-state index contributed by atoms with van der Waals surface area (Å²) in [5.74, 6) is -0.656. The molecule has 1 unspecified atom stereocenters. The van der Waals surface area contributed by atoms with Crippen molar-refractivity contribution >= 4 is 21.5 Å². The van der Waals surface area contributed by atoms with Crippen LogP contribution in [-0.4, -0.2) is 33.5 Å². The van der Waals surface area contributed by atoms with E-state index in [4.69, 9.17) is 10.1 Å². The molecule has 1 aliphatic carbocycles. The molecule has 1 aliphatic rings. The van der Waals surface area contributed by atoms with Gasteiger partial charge in [-0.3, -0.25) is 14.7 Å². The van der Waals surface area contributed by atoms with Crippen molar-refractivity contribution in [3.05, 3.63) is 56.8 Å². The molecule has 0 saturated carbocycles. The molecule has 0 saturated heterocycles. The molecule has 0 heterocycles. The lowest BCUT2D eigenvalue weighted by molar-refractivity contribution is -0.384. The molecule has 0 aliphatic heterocycles. The number of hydrogen-bond donors (Lipinski definition) is 2. The summed E-state index contributed by atoms with van der Waals surface area (Å²) in [6.45, 7) is 0. The number of nitro groups is 1. The fourth-order valence-corrected chi connectivity index (χ4v) is 2.73. The molecule has 20 heavy (non-hydrogen) atoms. The van der Waals surface area contributed by atoms with E-state index in [2.05, 4.69) is 4.79 Å². The van der Waals surface area contributed by atoms with Crippen molar-refractivity contribution < 1.29 is 27.8 Å². The zero-order valence-corrected chi connectivity index (χ0v) is 10.5. The van der Waals surface area contributed by atoms with Crippen LogP contribution >= 0.6 is 0 Å². The summed E-state index contributed by atoms with van der Waals surface area (Å²) in [4.78, 5) is 12.8. The van der Waals surface area contributed by atoms with Crippen molar-refractivity contribution in [2.45, 2.75) is 5.25 Å². The number of allylic oxidation sites excluding steroid dienone is 1. The maximum absolute atomic E-state index is 11.3. The largest absolute Gasteiger partial charge is 0.502 e. The van der Waals surface area contributed by atoms with Gasteiger partial charge in [0.05, 0.1) is 10.5 Å². The van der Waals surface area contributed by atoms with Gasteiger partial charge >= 0.3 is 5.71 Å². The number of aliphatic hydroxyl groups is 1. The normalized spacial score (nSPS) is 17.9. The second kappa shape index (κ2) is 4.53. The van der Waals surface area contributed by atoms with Crippen molar-refractivity contribution in [2.75, 3.05) is 0 Å². The second-order valence-electron chi connectivity index (χ2n) is 3.96. The lowest BCUT2D eigenvalue weighted by Crippen LogP contribution is -2.22. The van der Waals surface area contributed by atoms with E-state index in [9.17, 15) is 23.6 Å². The Labute approximate surface area is 112 Å². The van der Waals surface area contributed by atoms with Gasteiger partial charge in [-0.05, 0) is 17.7 Å². The number of rotatable bonds is 2. The van der Waals surface area contributed by atoms with Crippen LogP contribution in [0.5, 0.6) is 0 Å². The zero-order chi connectivity index (χ0) is 15.1. The lowest BCUT2D eigenvalue weighted by atomic mass is 9.93. The fourth-order valence-electron chi connectivity index (χ4n) is 1.92. The van der Waals surface area contributed by atoms with Gasteiger partial charge in [0.2, 0.25) is 5.76 Å². The molecule has 1 atom stereocenters. The van der Waals surface area contributed by atoms with Crippen LogP contribution in [0.2, 0.25) is 0 Å². The molecule has 0 amide bonds. The maximum atomic E-state index is 11.3. The summed E-state index contributed by atoms with van der Waals surface area (Å²) >= 11 is 0. The van der Waals surface area contributed by atoms with E-state index in [-0.39, 0.29) is 16.8 Å². The van der Waals surface area contributed by atoms with Crippen molar-refractivity contribution in [3.63, 3.8) is 0 Å². The average molecular weight is 297 g/mol. The van der Waals surface area contributed by atoms with Crippen LogP contribution in [0.15, 0.2) is 30.0 Å². The van der Waals surface area contributed by atoms with E-state index in [0.717, 1.165) is 24.3 Å². The van der Waals surface area contributed by atoms with Gasteiger partial charge in [0.1, 0.15) is 5.25 Å². The Hall–Kier alpha value is -2.55. The van der Waals surface area contributed by atoms with Crippen molar-refractivity contribution in [3.8, 4) is 0 Å². The van der Waals surface area contributed by atoms with Crippen LogP contribution in [0.1, 0.15) is 16.4 Å².